The van der Waals surface area contributed by atoms with E-state index >= 15 is 0 Å². The molecular weight excluding hydrogens is 421 g/mol. The van der Waals surface area contributed by atoms with Crippen molar-refractivity contribution >= 4 is 11.9 Å². The van der Waals surface area contributed by atoms with E-state index < -0.39 is 17.5 Å². The summed E-state index contributed by atoms with van der Waals surface area (Å²) in [4.78, 5) is 25.3. The normalized spacial score (nSPS) is 21.1. The summed E-state index contributed by atoms with van der Waals surface area (Å²) < 4.78 is 13.9. The molecule has 1 saturated heterocycles. The van der Waals surface area contributed by atoms with Gasteiger partial charge in [0.05, 0.1) is 17.7 Å². The summed E-state index contributed by atoms with van der Waals surface area (Å²) >= 11 is 0. The number of hydrogen-bond acceptors (Lipinski definition) is 3. The van der Waals surface area contributed by atoms with Gasteiger partial charge in [0, 0.05) is 18.4 Å². The molecule has 0 unspecified atom stereocenters. The maximum absolute atomic E-state index is 13.9. The first kappa shape index (κ1) is 23.2. The lowest BCUT2D eigenvalue weighted by atomic mass is 9.74. The first-order chi connectivity index (χ1) is 15.9. The molecule has 33 heavy (non-hydrogen) atoms. The Labute approximate surface area is 193 Å². The molecule has 1 aliphatic heterocycles. The summed E-state index contributed by atoms with van der Waals surface area (Å²) in [6.45, 7) is 0.533. The van der Waals surface area contributed by atoms with Crippen LogP contribution in [0.2, 0.25) is 0 Å². The van der Waals surface area contributed by atoms with Crippen LogP contribution in [0.15, 0.2) is 60.7 Å². The van der Waals surface area contributed by atoms with Gasteiger partial charge in [0.25, 0.3) is 0 Å². The van der Waals surface area contributed by atoms with Crippen molar-refractivity contribution in [2.75, 3.05) is 6.54 Å². The molecule has 5 nitrogen and oxygen atoms in total. The van der Waals surface area contributed by atoms with Crippen LogP contribution in [0.4, 0.5) is 4.39 Å². The van der Waals surface area contributed by atoms with Crippen molar-refractivity contribution in [3.8, 4) is 0 Å². The number of aliphatic hydroxyl groups is 1. The third kappa shape index (κ3) is 5.01. The van der Waals surface area contributed by atoms with Crippen LogP contribution in [0.25, 0.3) is 0 Å². The lowest BCUT2D eigenvalue weighted by Gasteiger charge is -2.34. The van der Waals surface area contributed by atoms with Gasteiger partial charge in [-0.15, -0.1) is 0 Å². The maximum atomic E-state index is 13.9. The molecule has 174 valence electrons. The summed E-state index contributed by atoms with van der Waals surface area (Å²) in [5.41, 5.74) is 1.56. The number of aromatic carboxylic acids is 1. The highest BCUT2D eigenvalue weighted by Crippen LogP contribution is 2.44. The molecule has 1 aliphatic carbocycles. The SMILES string of the molecule is O=C(O)c1ccc(CCN2C(=O)CC[C@@H]2C=C[C@@H](O)C2(c3cccc(F)c3)CCCC2)cc1. The summed E-state index contributed by atoms with van der Waals surface area (Å²) in [6.07, 6.45) is 8.39. The fourth-order valence-electron chi connectivity index (χ4n) is 5.29. The van der Waals surface area contributed by atoms with E-state index in [1.54, 1.807) is 36.4 Å². The van der Waals surface area contributed by atoms with E-state index in [0.717, 1.165) is 36.8 Å². The molecule has 2 aromatic carbocycles. The molecule has 1 amide bonds. The number of hydrogen-bond donors (Lipinski definition) is 2. The summed E-state index contributed by atoms with van der Waals surface area (Å²) in [5, 5.41) is 20.2. The standard InChI is InChI=1S/C27H30FNO4/c28-22-5-3-4-21(18-22)27(15-1-2-16-27)24(30)12-10-23-11-13-25(31)29(23)17-14-19-6-8-20(9-7-19)26(32)33/h3-10,12,18,23-24,30H,1-2,11,13-17H2,(H,32,33)/t23-,24+/m0/s1. The van der Waals surface area contributed by atoms with Gasteiger partial charge in [0.15, 0.2) is 0 Å². The van der Waals surface area contributed by atoms with Gasteiger partial charge in [0.2, 0.25) is 5.91 Å². The van der Waals surface area contributed by atoms with Gasteiger partial charge >= 0.3 is 5.97 Å². The molecular formula is C27H30FNO4. The van der Waals surface area contributed by atoms with Crippen LogP contribution >= 0.6 is 0 Å². The molecule has 4 rings (SSSR count). The van der Waals surface area contributed by atoms with Crippen LogP contribution in [-0.2, 0) is 16.6 Å². The van der Waals surface area contributed by atoms with E-state index in [9.17, 15) is 19.1 Å². The number of rotatable bonds is 8. The minimum atomic E-state index is -0.960. The van der Waals surface area contributed by atoms with Crippen molar-refractivity contribution in [3.05, 3.63) is 83.2 Å². The number of carboxylic acids is 1. The first-order valence-electron chi connectivity index (χ1n) is 11.6. The second-order valence-electron chi connectivity index (χ2n) is 9.15. The Bertz CT molecular complexity index is 1030. The van der Waals surface area contributed by atoms with Gasteiger partial charge in [-0.1, -0.05) is 49.3 Å². The van der Waals surface area contributed by atoms with E-state index in [1.165, 1.54) is 12.1 Å². The fourth-order valence-corrected chi connectivity index (χ4v) is 5.29. The fraction of sp³-hybridized carbons (Fsp3) is 0.407. The molecule has 0 radical (unpaired) electrons. The summed E-state index contributed by atoms with van der Waals surface area (Å²) in [5.74, 6) is -1.17. The zero-order chi connectivity index (χ0) is 23.4. The van der Waals surface area contributed by atoms with Gasteiger partial charge in [-0.05, 0) is 61.1 Å². The van der Waals surface area contributed by atoms with Crippen LogP contribution in [0, 0.1) is 5.82 Å². The minimum Gasteiger partial charge on any atom is -0.478 e. The molecule has 2 N–H and O–H groups in total. The van der Waals surface area contributed by atoms with Crippen molar-refractivity contribution in [1.29, 1.82) is 0 Å². The number of likely N-dealkylation sites (tertiary alicyclic amines) is 1. The van der Waals surface area contributed by atoms with Crippen LogP contribution in [0.1, 0.15) is 60.0 Å². The molecule has 1 heterocycles. The molecule has 2 aliphatic rings. The van der Waals surface area contributed by atoms with Crippen LogP contribution < -0.4 is 0 Å². The average Bonchev–Trinajstić information content (AvgIpc) is 3.44. The van der Waals surface area contributed by atoms with E-state index in [4.69, 9.17) is 5.11 Å². The Morgan fingerprint density at radius 2 is 1.91 bits per heavy atom. The molecule has 2 fully saturated rings. The Kier molecular flexibility index (Phi) is 6.94. The second-order valence-corrected chi connectivity index (χ2v) is 9.15. The van der Waals surface area contributed by atoms with Crippen molar-refractivity contribution in [2.45, 2.75) is 62.5 Å². The van der Waals surface area contributed by atoms with Crippen molar-refractivity contribution in [1.82, 2.24) is 4.90 Å². The monoisotopic (exact) mass is 451 g/mol. The van der Waals surface area contributed by atoms with E-state index in [2.05, 4.69) is 0 Å². The van der Waals surface area contributed by atoms with Gasteiger partial charge in [-0.25, -0.2) is 9.18 Å². The Balaban J connectivity index is 1.44. The highest BCUT2D eigenvalue weighted by molar-refractivity contribution is 5.87. The molecule has 1 saturated carbocycles. The predicted octanol–water partition coefficient (Wildman–Crippen LogP) is 4.49. The highest BCUT2D eigenvalue weighted by Gasteiger charge is 2.41. The van der Waals surface area contributed by atoms with Gasteiger partial charge in [-0.2, -0.15) is 0 Å². The van der Waals surface area contributed by atoms with Gasteiger partial charge in [-0.3, -0.25) is 4.79 Å². The zero-order valence-corrected chi connectivity index (χ0v) is 18.6. The number of halogens is 1. The third-order valence-corrected chi connectivity index (χ3v) is 7.19. The maximum Gasteiger partial charge on any atom is 0.335 e. The smallest absolute Gasteiger partial charge is 0.335 e. The lowest BCUT2D eigenvalue weighted by molar-refractivity contribution is -0.128. The quantitative estimate of drug-likeness (QED) is 0.580. The molecule has 2 atom stereocenters. The van der Waals surface area contributed by atoms with Gasteiger partial charge < -0.3 is 15.1 Å². The second kappa shape index (κ2) is 9.87. The lowest BCUT2D eigenvalue weighted by Crippen LogP contribution is -2.37. The third-order valence-electron chi connectivity index (χ3n) is 7.19. The molecule has 6 heteroatoms. The molecule has 2 aromatic rings. The number of amides is 1. The van der Waals surface area contributed by atoms with E-state index in [0.29, 0.717) is 25.8 Å². The Morgan fingerprint density at radius 1 is 1.18 bits per heavy atom. The number of carboxylic acid groups (broad SMARTS) is 1. The Hall–Kier alpha value is -2.99. The molecule has 0 bridgehead atoms. The summed E-state index contributed by atoms with van der Waals surface area (Å²) in [6, 6.07) is 13.2. The predicted molar refractivity (Wildman–Crippen MR) is 124 cm³/mol. The topological polar surface area (TPSA) is 77.8 Å². The number of aliphatic hydroxyl groups excluding tert-OH is 1. The largest absolute Gasteiger partial charge is 0.478 e. The van der Waals surface area contributed by atoms with E-state index in [-0.39, 0.29) is 23.3 Å². The number of benzene rings is 2. The number of carbonyl (C=O) groups excluding carboxylic acids is 1. The Morgan fingerprint density at radius 3 is 2.58 bits per heavy atom. The van der Waals surface area contributed by atoms with Crippen LogP contribution in [-0.4, -0.2) is 45.7 Å². The van der Waals surface area contributed by atoms with Crippen molar-refractivity contribution < 1.29 is 24.2 Å². The van der Waals surface area contributed by atoms with E-state index in [1.807, 2.05) is 17.0 Å². The molecule has 0 spiro atoms. The van der Waals surface area contributed by atoms with Crippen molar-refractivity contribution in [2.24, 2.45) is 0 Å². The number of nitrogens with zero attached hydrogens (tertiary/aromatic N) is 1. The number of carbonyl (C=O) groups is 2. The zero-order valence-electron chi connectivity index (χ0n) is 18.6. The van der Waals surface area contributed by atoms with Crippen LogP contribution in [0.3, 0.4) is 0 Å². The van der Waals surface area contributed by atoms with Gasteiger partial charge in [0.1, 0.15) is 5.82 Å². The highest BCUT2D eigenvalue weighted by atomic mass is 19.1. The van der Waals surface area contributed by atoms with Crippen LogP contribution in [0.5, 0.6) is 0 Å². The van der Waals surface area contributed by atoms with Crippen molar-refractivity contribution in [3.63, 3.8) is 0 Å². The average molecular weight is 452 g/mol. The summed E-state index contributed by atoms with van der Waals surface area (Å²) in [7, 11) is 0. The minimum absolute atomic E-state index is 0.0852. The first-order valence-corrected chi connectivity index (χ1v) is 11.6. The molecule has 0 aromatic heterocycles.